The van der Waals surface area contributed by atoms with Crippen LogP contribution < -0.4 is 15.2 Å². The predicted octanol–water partition coefficient (Wildman–Crippen LogP) is 3.78. The lowest BCUT2D eigenvalue weighted by atomic mass is 9.76. The zero-order chi connectivity index (χ0) is 14.0. The standard InChI is InChI=1S/C15H22ClNO2/c1-10-12(16)9-11(14(19-3)13(10)18-2)15(17)7-5-4-6-8-15/h9H,4-8,17H2,1-3H3. The number of rotatable bonds is 3. The van der Waals surface area contributed by atoms with E-state index in [-0.39, 0.29) is 5.54 Å². The van der Waals surface area contributed by atoms with E-state index >= 15 is 0 Å². The van der Waals surface area contributed by atoms with Gasteiger partial charge in [-0.25, -0.2) is 0 Å². The summed E-state index contributed by atoms with van der Waals surface area (Å²) in [4.78, 5) is 0. The molecule has 1 aliphatic rings. The van der Waals surface area contributed by atoms with Crippen LogP contribution in [0, 0.1) is 6.92 Å². The molecule has 0 aliphatic heterocycles. The van der Waals surface area contributed by atoms with Crippen LogP contribution >= 0.6 is 11.6 Å². The minimum Gasteiger partial charge on any atom is -0.493 e. The summed E-state index contributed by atoms with van der Waals surface area (Å²) in [5.74, 6) is 1.43. The van der Waals surface area contributed by atoms with Crippen molar-refractivity contribution in [2.75, 3.05) is 14.2 Å². The Morgan fingerprint density at radius 2 is 1.68 bits per heavy atom. The molecule has 1 aliphatic carbocycles. The van der Waals surface area contributed by atoms with Gasteiger partial charge in [0.15, 0.2) is 11.5 Å². The van der Waals surface area contributed by atoms with Gasteiger partial charge in [-0.15, -0.1) is 0 Å². The minimum absolute atomic E-state index is 0.353. The first-order chi connectivity index (χ1) is 9.03. The van der Waals surface area contributed by atoms with Crippen LogP contribution in [-0.2, 0) is 5.54 Å². The van der Waals surface area contributed by atoms with E-state index in [0.29, 0.717) is 10.8 Å². The molecule has 0 atom stereocenters. The second-order valence-electron chi connectivity index (χ2n) is 5.31. The van der Waals surface area contributed by atoms with Crippen molar-refractivity contribution in [2.24, 2.45) is 5.73 Å². The highest BCUT2D eigenvalue weighted by Gasteiger charge is 2.34. The fourth-order valence-electron chi connectivity index (χ4n) is 2.97. The summed E-state index contributed by atoms with van der Waals surface area (Å²) in [6, 6.07) is 1.95. The van der Waals surface area contributed by atoms with Crippen molar-refractivity contribution in [1.29, 1.82) is 0 Å². The van der Waals surface area contributed by atoms with Crippen molar-refractivity contribution in [3.63, 3.8) is 0 Å². The van der Waals surface area contributed by atoms with Gasteiger partial charge in [0.05, 0.1) is 14.2 Å². The molecule has 0 heterocycles. The van der Waals surface area contributed by atoms with Crippen molar-refractivity contribution in [3.8, 4) is 11.5 Å². The number of hydrogen-bond acceptors (Lipinski definition) is 3. The summed E-state index contributed by atoms with van der Waals surface area (Å²) < 4.78 is 11.0. The van der Waals surface area contributed by atoms with Crippen molar-refractivity contribution in [3.05, 3.63) is 22.2 Å². The monoisotopic (exact) mass is 283 g/mol. The Kier molecular flexibility index (Phi) is 4.26. The molecule has 1 saturated carbocycles. The first-order valence-electron chi connectivity index (χ1n) is 6.74. The number of hydrogen-bond donors (Lipinski definition) is 1. The second-order valence-corrected chi connectivity index (χ2v) is 5.72. The largest absolute Gasteiger partial charge is 0.493 e. The molecule has 0 amide bonds. The minimum atomic E-state index is -0.353. The molecule has 19 heavy (non-hydrogen) atoms. The van der Waals surface area contributed by atoms with Crippen LogP contribution in [0.2, 0.25) is 5.02 Å². The average molecular weight is 284 g/mol. The van der Waals surface area contributed by atoms with Gasteiger partial charge in [-0.3, -0.25) is 0 Å². The number of ether oxygens (including phenoxy) is 2. The highest BCUT2D eigenvalue weighted by molar-refractivity contribution is 6.31. The van der Waals surface area contributed by atoms with Crippen LogP contribution in [0.5, 0.6) is 11.5 Å². The molecule has 106 valence electrons. The van der Waals surface area contributed by atoms with E-state index in [0.717, 1.165) is 42.6 Å². The van der Waals surface area contributed by atoms with Gasteiger partial charge in [-0.2, -0.15) is 0 Å². The first-order valence-corrected chi connectivity index (χ1v) is 7.11. The highest BCUT2D eigenvalue weighted by atomic mass is 35.5. The van der Waals surface area contributed by atoms with Gasteiger partial charge >= 0.3 is 0 Å². The maximum Gasteiger partial charge on any atom is 0.166 e. The molecule has 1 aromatic carbocycles. The van der Waals surface area contributed by atoms with Crippen LogP contribution in [0.3, 0.4) is 0 Å². The number of benzene rings is 1. The molecule has 1 aromatic rings. The van der Waals surface area contributed by atoms with Gasteiger partial charge in [0.2, 0.25) is 0 Å². The third-order valence-electron chi connectivity index (χ3n) is 4.11. The van der Waals surface area contributed by atoms with E-state index in [2.05, 4.69) is 0 Å². The normalized spacial score (nSPS) is 18.2. The quantitative estimate of drug-likeness (QED) is 0.918. The van der Waals surface area contributed by atoms with Gasteiger partial charge in [0.1, 0.15) is 0 Å². The molecule has 4 heteroatoms. The molecular weight excluding hydrogens is 262 g/mol. The molecule has 2 N–H and O–H groups in total. The Hall–Kier alpha value is -0.930. The van der Waals surface area contributed by atoms with E-state index in [4.69, 9.17) is 26.8 Å². The summed E-state index contributed by atoms with van der Waals surface area (Å²) in [5.41, 5.74) is 8.12. The average Bonchev–Trinajstić information content (AvgIpc) is 2.41. The Morgan fingerprint density at radius 3 is 2.21 bits per heavy atom. The molecule has 2 rings (SSSR count). The third kappa shape index (κ3) is 2.54. The van der Waals surface area contributed by atoms with Crippen molar-refractivity contribution < 1.29 is 9.47 Å². The van der Waals surface area contributed by atoms with E-state index in [1.54, 1.807) is 14.2 Å². The Morgan fingerprint density at radius 1 is 1.11 bits per heavy atom. The lowest BCUT2D eigenvalue weighted by Gasteiger charge is -2.35. The van der Waals surface area contributed by atoms with Gasteiger partial charge in [0, 0.05) is 21.7 Å². The fourth-order valence-corrected chi connectivity index (χ4v) is 3.17. The van der Waals surface area contributed by atoms with Gasteiger partial charge in [0.25, 0.3) is 0 Å². The molecule has 0 aromatic heterocycles. The van der Waals surface area contributed by atoms with E-state index in [1.165, 1.54) is 6.42 Å². The smallest absolute Gasteiger partial charge is 0.166 e. The number of halogens is 1. The first kappa shape index (κ1) is 14.5. The summed E-state index contributed by atoms with van der Waals surface area (Å²) in [5, 5.41) is 0.683. The Bertz CT molecular complexity index is 468. The Balaban J connectivity index is 2.58. The molecule has 0 radical (unpaired) electrons. The van der Waals surface area contributed by atoms with Crippen LogP contribution in [0.4, 0.5) is 0 Å². The summed E-state index contributed by atoms with van der Waals surface area (Å²) in [6.45, 7) is 1.93. The zero-order valence-corrected chi connectivity index (χ0v) is 12.6. The molecule has 1 fully saturated rings. The van der Waals surface area contributed by atoms with E-state index in [9.17, 15) is 0 Å². The van der Waals surface area contributed by atoms with Crippen LogP contribution in [0.1, 0.15) is 43.2 Å². The molecule has 3 nitrogen and oxygen atoms in total. The van der Waals surface area contributed by atoms with Gasteiger partial charge < -0.3 is 15.2 Å². The maximum absolute atomic E-state index is 6.61. The molecular formula is C15H22ClNO2. The second kappa shape index (κ2) is 5.59. The molecule has 0 spiro atoms. The lowest BCUT2D eigenvalue weighted by Crippen LogP contribution is -2.39. The van der Waals surface area contributed by atoms with E-state index in [1.807, 2.05) is 13.0 Å². The van der Waals surface area contributed by atoms with Gasteiger partial charge in [-0.05, 0) is 25.8 Å². The number of methoxy groups -OCH3 is 2. The SMILES string of the molecule is COc1c(C2(N)CCCCC2)cc(Cl)c(C)c1OC. The van der Waals surface area contributed by atoms with Crippen molar-refractivity contribution >= 4 is 11.6 Å². The van der Waals surface area contributed by atoms with Crippen molar-refractivity contribution in [2.45, 2.75) is 44.6 Å². The molecule has 0 unspecified atom stereocenters. The third-order valence-corrected chi connectivity index (χ3v) is 4.50. The summed E-state index contributed by atoms with van der Waals surface area (Å²) in [6.07, 6.45) is 5.47. The zero-order valence-electron chi connectivity index (χ0n) is 11.9. The topological polar surface area (TPSA) is 44.5 Å². The lowest BCUT2D eigenvalue weighted by molar-refractivity contribution is 0.282. The van der Waals surface area contributed by atoms with E-state index < -0.39 is 0 Å². The summed E-state index contributed by atoms with van der Waals surface area (Å²) in [7, 11) is 3.29. The summed E-state index contributed by atoms with van der Waals surface area (Å²) >= 11 is 6.32. The highest BCUT2D eigenvalue weighted by Crippen LogP contribution is 2.46. The molecule has 0 bridgehead atoms. The van der Waals surface area contributed by atoms with Crippen LogP contribution in [0.15, 0.2) is 6.07 Å². The van der Waals surface area contributed by atoms with Crippen molar-refractivity contribution in [1.82, 2.24) is 0 Å². The van der Waals surface area contributed by atoms with Gasteiger partial charge in [-0.1, -0.05) is 30.9 Å². The Labute approximate surface area is 120 Å². The predicted molar refractivity (Wildman–Crippen MR) is 78.2 cm³/mol. The maximum atomic E-state index is 6.61. The van der Waals surface area contributed by atoms with Crippen LogP contribution in [0.25, 0.3) is 0 Å². The fraction of sp³-hybridized carbons (Fsp3) is 0.600. The molecule has 0 saturated heterocycles. The van der Waals surface area contributed by atoms with Crippen LogP contribution in [-0.4, -0.2) is 14.2 Å². The number of nitrogens with two attached hydrogens (primary N) is 1.